The molecule has 228 valence electrons. The Morgan fingerprint density at radius 3 is 1.61 bits per heavy atom. The molecule has 0 aliphatic heterocycles. The number of rotatable bonds is 28. The van der Waals surface area contributed by atoms with Crippen molar-refractivity contribution in [3.05, 3.63) is 0 Å². The van der Waals surface area contributed by atoms with Gasteiger partial charge in [0.1, 0.15) is 19.3 Å². The van der Waals surface area contributed by atoms with Crippen molar-refractivity contribution in [2.45, 2.75) is 142 Å². The molecule has 0 bridgehead atoms. The number of carbonyl (C=O) groups excluding carboxylic acids is 1. The highest BCUT2D eigenvalue weighted by Crippen LogP contribution is 2.33. The van der Waals surface area contributed by atoms with Crippen LogP contribution in [0.1, 0.15) is 136 Å². The minimum atomic E-state index is -1.96. The van der Waals surface area contributed by atoms with E-state index in [1.54, 1.807) is 0 Å². The lowest BCUT2D eigenvalue weighted by Gasteiger charge is -2.24. The quantitative estimate of drug-likeness (QED) is 0.0567. The van der Waals surface area contributed by atoms with E-state index in [0.29, 0.717) is 13.2 Å². The van der Waals surface area contributed by atoms with Crippen LogP contribution in [0, 0.1) is 0 Å². The van der Waals surface area contributed by atoms with Gasteiger partial charge in [0.25, 0.3) is 0 Å². The van der Waals surface area contributed by atoms with Crippen LogP contribution in [0.5, 0.6) is 0 Å². The summed E-state index contributed by atoms with van der Waals surface area (Å²) in [5.41, 5.74) is 0. The molecule has 2 atom stereocenters. The van der Waals surface area contributed by atoms with Crippen molar-refractivity contribution in [3.8, 4) is 0 Å². The molecular formula is C30H64N2O5P+. The second-order valence-electron chi connectivity index (χ2n) is 11.7. The summed E-state index contributed by atoms with van der Waals surface area (Å²) >= 11 is 0. The summed E-state index contributed by atoms with van der Waals surface area (Å²) in [4.78, 5) is 21.9. The fourth-order valence-electron chi connectivity index (χ4n) is 4.36. The largest absolute Gasteiger partial charge is 0.444 e. The maximum Gasteiger partial charge on any atom is 0.407 e. The predicted molar refractivity (Wildman–Crippen MR) is 161 cm³/mol. The SMILES string of the molecule is CCCCCCCCCCCCCCCCCCCCC(COP(O)OCC[N+](C)(C)C)OC(=O)NCC. The van der Waals surface area contributed by atoms with E-state index in [4.69, 9.17) is 13.8 Å². The van der Waals surface area contributed by atoms with E-state index in [2.05, 4.69) is 33.4 Å². The molecule has 0 heterocycles. The van der Waals surface area contributed by atoms with Crippen molar-refractivity contribution in [1.29, 1.82) is 0 Å². The highest BCUT2D eigenvalue weighted by Gasteiger charge is 2.18. The van der Waals surface area contributed by atoms with Crippen LogP contribution >= 0.6 is 8.60 Å². The molecule has 0 aliphatic carbocycles. The Morgan fingerprint density at radius 2 is 1.18 bits per heavy atom. The predicted octanol–water partition coefficient (Wildman–Crippen LogP) is 8.49. The van der Waals surface area contributed by atoms with Crippen LogP contribution in [0.3, 0.4) is 0 Å². The van der Waals surface area contributed by atoms with Crippen molar-refractivity contribution >= 4 is 14.7 Å². The minimum absolute atomic E-state index is 0.155. The number of hydrogen-bond acceptors (Lipinski definition) is 5. The number of likely N-dealkylation sites (N-methyl/N-ethyl adjacent to an activating group) is 1. The van der Waals surface area contributed by atoms with E-state index in [1.165, 1.54) is 103 Å². The Labute approximate surface area is 237 Å². The number of ether oxygens (including phenoxy) is 1. The highest BCUT2D eigenvalue weighted by molar-refractivity contribution is 7.40. The molecule has 0 aromatic carbocycles. The third-order valence-electron chi connectivity index (χ3n) is 6.81. The minimum Gasteiger partial charge on any atom is -0.444 e. The molecule has 0 aromatic heterocycles. The maximum atomic E-state index is 11.9. The molecule has 0 saturated carbocycles. The first kappa shape index (κ1) is 37.5. The molecule has 0 spiro atoms. The standard InChI is InChI=1S/C30H63N2O5P/c1-6-8-9-10-11-12-13-14-15-16-17-18-19-20-21-22-23-24-25-29(37-30(33)31-7-2)28-36-38(34)35-27-26-32(3,4)5/h29,34H,6-28H2,1-5H3/p+1. The molecule has 0 aromatic rings. The van der Waals surface area contributed by atoms with E-state index in [1.807, 2.05) is 6.92 Å². The molecule has 0 radical (unpaired) electrons. The zero-order valence-corrected chi connectivity index (χ0v) is 26.7. The molecule has 1 amide bonds. The highest BCUT2D eigenvalue weighted by atomic mass is 31.2. The number of unbranched alkanes of at least 4 members (excludes halogenated alkanes) is 17. The van der Waals surface area contributed by atoms with Crippen LogP contribution in [0.4, 0.5) is 4.79 Å². The van der Waals surface area contributed by atoms with E-state index in [-0.39, 0.29) is 12.7 Å². The summed E-state index contributed by atoms with van der Waals surface area (Å²) in [6, 6.07) is 0. The zero-order valence-electron chi connectivity index (χ0n) is 25.8. The second-order valence-corrected chi connectivity index (χ2v) is 12.7. The Bertz CT molecular complexity index is 519. The van der Waals surface area contributed by atoms with Gasteiger partial charge in [-0.2, -0.15) is 0 Å². The summed E-state index contributed by atoms with van der Waals surface area (Å²) in [6.07, 6.45) is 24.1. The molecule has 8 heteroatoms. The molecule has 2 unspecified atom stereocenters. The molecule has 0 saturated heterocycles. The fraction of sp³-hybridized carbons (Fsp3) is 0.967. The van der Waals surface area contributed by atoms with E-state index in [0.717, 1.165) is 30.3 Å². The molecule has 0 aliphatic rings. The first-order valence-electron chi connectivity index (χ1n) is 15.8. The number of quaternary nitrogens is 1. The summed E-state index contributed by atoms with van der Waals surface area (Å²) in [5, 5.41) is 2.67. The Hall–Kier alpha value is -0.460. The van der Waals surface area contributed by atoms with Gasteiger partial charge in [0.2, 0.25) is 0 Å². The smallest absolute Gasteiger partial charge is 0.407 e. The van der Waals surface area contributed by atoms with Crippen LogP contribution in [-0.2, 0) is 13.8 Å². The average molecular weight is 564 g/mol. The molecule has 7 nitrogen and oxygen atoms in total. The van der Waals surface area contributed by atoms with Gasteiger partial charge in [-0.25, -0.2) is 4.79 Å². The Balaban J connectivity index is 3.76. The van der Waals surface area contributed by atoms with Gasteiger partial charge in [-0.3, -0.25) is 0 Å². The Kier molecular flexibility index (Phi) is 26.4. The van der Waals surface area contributed by atoms with Crippen LogP contribution < -0.4 is 5.32 Å². The topological polar surface area (TPSA) is 77.0 Å². The van der Waals surface area contributed by atoms with E-state index in [9.17, 15) is 9.69 Å². The number of carbonyl (C=O) groups is 1. The fourth-order valence-corrected chi connectivity index (χ4v) is 4.97. The number of nitrogens with one attached hydrogen (secondary N) is 1. The lowest BCUT2D eigenvalue weighted by atomic mass is 10.0. The van der Waals surface area contributed by atoms with Crippen LogP contribution in [-0.4, -0.2) is 69.0 Å². The monoisotopic (exact) mass is 563 g/mol. The molecule has 38 heavy (non-hydrogen) atoms. The molecule has 0 rings (SSSR count). The van der Waals surface area contributed by atoms with Gasteiger partial charge >= 0.3 is 14.7 Å². The van der Waals surface area contributed by atoms with Crippen molar-refractivity contribution in [2.24, 2.45) is 0 Å². The van der Waals surface area contributed by atoms with Gasteiger partial charge in [0, 0.05) is 6.54 Å². The molecule has 2 N–H and O–H groups in total. The van der Waals surface area contributed by atoms with Gasteiger partial charge in [-0.15, -0.1) is 0 Å². The van der Waals surface area contributed by atoms with Crippen molar-refractivity contribution in [2.75, 3.05) is 47.4 Å². The Morgan fingerprint density at radius 1 is 0.737 bits per heavy atom. The van der Waals surface area contributed by atoms with Crippen LogP contribution in [0.25, 0.3) is 0 Å². The van der Waals surface area contributed by atoms with Crippen molar-refractivity contribution in [3.63, 3.8) is 0 Å². The summed E-state index contributed by atoms with van der Waals surface area (Å²) < 4.78 is 17.1. The van der Waals surface area contributed by atoms with Gasteiger partial charge in [0.15, 0.2) is 0 Å². The lowest BCUT2D eigenvalue weighted by molar-refractivity contribution is -0.870. The summed E-state index contributed by atoms with van der Waals surface area (Å²) in [5.74, 6) is 0. The van der Waals surface area contributed by atoms with Gasteiger partial charge in [0.05, 0.1) is 27.7 Å². The number of nitrogens with zero attached hydrogens (tertiary/aromatic N) is 1. The van der Waals surface area contributed by atoms with Crippen molar-refractivity contribution in [1.82, 2.24) is 5.32 Å². The normalized spacial score (nSPS) is 13.4. The summed E-state index contributed by atoms with van der Waals surface area (Å²) in [6.45, 7) is 6.02. The first-order valence-corrected chi connectivity index (χ1v) is 16.9. The van der Waals surface area contributed by atoms with Crippen molar-refractivity contribution < 1.29 is 28.0 Å². The maximum absolute atomic E-state index is 11.9. The van der Waals surface area contributed by atoms with Gasteiger partial charge in [-0.05, 0) is 19.8 Å². The van der Waals surface area contributed by atoms with Crippen LogP contribution in [0.15, 0.2) is 0 Å². The third kappa shape index (κ3) is 28.5. The van der Waals surface area contributed by atoms with E-state index < -0.39 is 14.7 Å². The first-order chi connectivity index (χ1) is 18.3. The molecular weight excluding hydrogens is 499 g/mol. The molecule has 0 fully saturated rings. The summed E-state index contributed by atoms with van der Waals surface area (Å²) in [7, 11) is 4.25. The number of alkyl carbamates (subject to hydrolysis) is 1. The number of hydrogen-bond donors (Lipinski definition) is 2. The van der Waals surface area contributed by atoms with Crippen LogP contribution in [0.2, 0.25) is 0 Å². The third-order valence-corrected chi connectivity index (χ3v) is 7.58. The average Bonchev–Trinajstić information content (AvgIpc) is 2.85. The van der Waals surface area contributed by atoms with E-state index >= 15 is 0 Å². The van der Waals surface area contributed by atoms with Gasteiger partial charge < -0.3 is 28.5 Å². The zero-order chi connectivity index (χ0) is 28.3. The lowest BCUT2D eigenvalue weighted by Crippen LogP contribution is -2.37. The van der Waals surface area contributed by atoms with Gasteiger partial charge in [-0.1, -0.05) is 116 Å². The number of amides is 1. The second kappa shape index (κ2) is 26.7.